The molecule has 0 aromatic heterocycles. The van der Waals surface area contributed by atoms with Gasteiger partial charge in [0.2, 0.25) is 5.91 Å². The van der Waals surface area contributed by atoms with Crippen molar-refractivity contribution in [3.63, 3.8) is 0 Å². The van der Waals surface area contributed by atoms with E-state index in [1.54, 1.807) is 0 Å². The molecule has 1 amide bonds. The monoisotopic (exact) mass is 237 g/mol. The van der Waals surface area contributed by atoms with Gasteiger partial charge in [-0.2, -0.15) is 0 Å². The number of alkyl halides is 2. The summed E-state index contributed by atoms with van der Waals surface area (Å²) in [7, 11) is 0. The van der Waals surface area contributed by atoms with Crippen LogP contribution in [0.4, 0.5) is 8.78 Å². The van der Waals surface area contributed by atoms with Gasteiger partial charge in [-0.15, -0.1) is 0 Å². The first-order valence-corrected chi connectivity index (χ1v) is 5.49. The molecule has 0 aliphatic carbocycles. The van der Waals surface area contributed by atoms with E-state index in [4.69, 9.17) is 5.73 Å². The molecule has 0 aromatic carbocycles. The van der Waals surface area contributed by atoms with Crippen LogP contribution >= 0.6 is 0 Å². The Labute approximate surface area is 95.2 Å². The first kappa shape index (κ1) is 15.2. The molecular weight excluding hydrogens is 216 g/mol. The number of carbonyl (C=O) groups excluding carboxylic acids is 1. The van der Waals surface area contributed by atoms with E-state index in [0.29, 0.717) is 6.54 Å². The summed E-state index contributed by atoms with van der Waals surface area (Å²) in [5.41, 5.74) is 5.29. The van der Waals surface area contributed by atoms with E-state index < -0.39 is 13.0 Å². The first-order chi connectivity index (χ1) is 7.49. The Morgan fingerprint density at radius 3 is 2.56 bits per heavy atom. The summed E-state index contributed by atoms with van der Waals surface area (Å²) in [5, 5.41) is 2.73. The maximum absolute atomic E-state index is 12.2. The minimum atomic E-state index is -2.44. The lowest BCUT2D eigenvalue weighted by atomic mass is 10.2. The van der Waals surface area contributed by atoms with Crippen LogP contribution in [0.3, 0.4) is 0 Å². The Bertz CT molecular complexity index is 203. The topological polar surface area (TPSA) is 58.4 Å². The molecule has 3 N–H and O–H groups in total. The Balaban J connectivity index is 4.01. The molecule has 0 radical (unpaired) electrons. The molecule has 0 rings (SSSR count). The predicted molar refractivity (Wildman–Crippen MR) is 59.4 cm³/mol. The number of nitrogens with two attached hydrogens (primary N) is 1. The van der Waals surface area contributed by atoms with Crippen LogP contribution < -0.4 is 11.1 Å². The summed E-state index contributed by atoms with van der Waals surface area (Å²) < 4.78 is 24.3. The summed E-state index contributed by atoms with van der Waals surface area (Å²) >= 11 is 0. The fourth-order valence-corrected chi connectivity index (χ4v) is 1.24. The molecule has 0 saturated heterocycles. The van der Waals surface area contributed by atoms with Gasteiger partial charge in [-0.3, -0.25) is 9.69 Å². The van der Waals surface area contributed by atoms with Crippen molar-refractivity contribution in [2.45, 2.75) is 32.7 Å². The van der Waals surface area contributed by atoms with Crippen LogP contribution in [0.5, 0.6) is 0 Å². The molecule has 0 heterocycles. The van der Waals surface area contributed by atoms with Gasteiger partial charge in [0.1, 0.15) is 0 Å². The minimum absolute atomic E-state index is 0.0219. The second-order valence-corrected chi connectivity index (χ2v) is 3.79. The van der Waals surface area contributed by atoms with Crippen molar-refractivity contribution in [3.8, 4) is 0 Å². The van der Waals surface area contributed by atoms with Gasteiger partial charge in [0.15, 0.2) is 0 Å². The summed E-state index contributed by atoms with van der Waals surface area (Å²) in [6, 6.07) is 0.0683. The number of nitrogens with one attached hydrogen (secondary N) is 1. The first-order valence-electron chi connectivity index (χ1n) is 5.49. The van der Waals surface area contributed by atoms with Gasteiger partial charge in [-0.05, 0) is 13.3 Å². The highest BCUT2D eigenvalue weighted by molar-refractivity contribution is 5.78. The van der Waals surface area contributed by atoms with Gasteiger partial charge in [0.25, 0.3) is 6.43 Å². The fourth-order valence-electron chi connectivity index (χ4n) is 1.24. The molecule has 4 nitrogen and oxygen atoms in total. The Morgan fingerprint density at radius 1 is 1.50 bits per heavy atom. The van der Waals surface area contributed by atoms with E-state index in [-0.39, 0.29) is 25.0 Å². The number of rotatable bonds is 8. The molecule has 6 heteroatoms. The van der Waals surface area contributed by atoms with Crippen LogP contribution in [0.15, 0.2) is 0 Å². The lowest BCUT2D eigenvalue weighted by molar-refractivity contribution is -0.123. The van der Waals surface area contributed by atoms with E-state index in [2.05, 4.69) is 5.32 Å². The highest BCUT2D eigenvalue weighted by Crippen LogP contribution is 1.98. The van der Waals surface area contributed by atoms with Crippen molar-refractivity contribution in [2.24, 2.45) is 5.73 Å². The Hall–Kier alpha value is -0.750. The van der Waals surface area contributed by atoms with Crippen molar-refractivity contribution in [3.05, 3.63) is 0 Å². The average Bonchev–Trinajstić information content (AvgIpc) is 2.16. The number of hydrogen-bond donors (Lipinski definition) is 2. The van der Waals surface area contributed by atoms with Gasteiger partial charge in [-0.25, -0.2) is 8.78 Å². The fraction of sp³-hybridized carbons (Fsp3) is 0.900. The van der Waals surface area contributed by atoms with Crippen molar-refractivity contribution < 1.29 is 13.6 Å². The van der Waals surface area contributed by atoms with E-state index >= 15 is 0 Å². The molecule has 0 aliphatic heterocycles. The van der Waals surface area contributed by atoms with Gasteiger partial charge < -0.3 is 11.1 Å². The third kappa shape index (κ3) is 7.53. The molecule has 0 aliphatic rings. The van der Waals surface area contributed by atoms with E-state index in [1.807, 2.05) is 13.8 Å². The minimum Gasteiger partial charge on any atom is -0.353 e. The quantitative estimate of drug-likeness (QED) is 0.643. The average molecular weight is 237 g/mol. The highest BCUT2D eigenvalue weighted by Gasteiger charge is 2.15. The molecule has 16 heavy (non-hydrogen) atoms. The second-order valence-electron chi connectivity index (χ2n) is 3.79. The molecule has 0 saturated carbocycles. The molecule has 0 spiro atoms. The number of carbonyl (C=O) groups is 1. The second kappa shape index (κ2) is 8.41. The molecule has 1 unspecified atom stereocenters. The Morgan fingerprint density at radius 2 is 2.12 bits per heavy atom. The molecule has 96 valence electrons. The smallest absolute Gasteiger partial charge is 0.251 e. The summed E-state index contributed by atoms with van der Waals surface area (Å²) in [5.74, 6) is -0.233. The summed E-state index contributed by atoms with van der Waals surface area (Å²) in [6.07, 6.45) is -1.62. The standard InChI is InChI=1S/C10H21F2N3O/c1-3-8(2)14-10(16)7-15(5-4-13)6-9(11)12/h8-9H,3-7,13H2,1-2H3,(H,14,16). The largest absolute Gasteiger partial charge is 0.353 e. The van der Waals surface area contributed by atoms with Crippen LogP contribution in [0.1, 0.15) is 20.3 Å². The van der Waals surface area contributed by atoms with Crippen LogP contribution in [-0.4, -0.2) is 49.5 Å². The molecule has 0 bridgehead atoms. The van der Waals surface area contributed by atoms with E-state index in [9.17, 15) is 13.6 Å². The lowest BCUT2D eigenvalue weighted by Crippen LogP contribution is -2.44. The maximum atomic E-state index is 12.2. The van der Waals surface area contributed by atoms with Crippen LogP contribution in [0.2, 0.25) is 0 Å². The van der Waals surface area contributed by atoms with E-state index in [0.717, 1.165) is 6.42 Å². The highest BCUT2D eigenvalue weighted by atomic mass is 19.3. The van der Waals surface area contributed by atoms with Crippen molar-refractivity contribution in [1.82, 2.24) is 10.2 Å². The third-order valence-electron chi connectivity index (χ3n) is 2.23. The molecule has 1 atom stereocenters. The van der Waals surface area contributed by atoms with Crippen molar-refractivity contribution in [2.75, 3.05) is 26.2 Å². The number of nitrogens with zero attached hydrogens (tertiary/aromatic N) is 1. The zero-order chi connectivity index (χ0) is 12.6. The third-order valence-corrected chi connectivity index (χ3v) is 2.23. The predicted octanol–water partition coefficient (Wildman–Crippen LogP) is 0.427. The molecule has 0 fully saturated rings. The Kier molecular flexibility index (Phi) is 8.01. The lowest BCUT2D eigenvalue weighted by Gasteiger charge is -2.21. The van der Waals surface area contributed by atoms with Crippen LogP contribution in [0.25, 0.3) is 0 Å². The van der Waals surface area contributed by atoms with Crippen LogP contribution in [-0.2, 0) is 4.79 Å². The maximum Gasteiger partial charge on any atom is 0.251 e. The van der Waals surface area contributed by atoms with Gasteiger partial charge in [0, 0.05) is 19.1 Å². The van der Waals surface area contributed by atoms with Gasteiger partial charge in [0.05, 0.1) is 13.1 Å². The molecule has 0 aromatic rings. The number of amides is 1. The zero-order valence-electron chi connectivity index (χ0n) is 9.88. The summed E-state index contributed by atoms with van der Waals surface area (Å²) in [6.45, 7) is 3.96. The SMILES string of the molecule is CCC(C)NC(=O)CN(CCN)CC(F)F. The molecular formula is C10H21F2N3O. The van der Waals surface area contributed by atoms with Crippen molar-refractivity contribution >= 4 is 5.91 Å². The van der Waals surface area contributed by atoms with Gasteiger partial charge >= 0.3 is 0 Å². The number of halogens is 2. The normalized spacial score (nSPS) is 13.2. The van der Waals surface area contributed by atoms with Crippen molar-refractivity contribution in [1.29, 1.82) is 0 Å². The van der Waals surface area contributed by atoms with Crippen LogP contribution in [0, 0.1) is 0 Å². The van der Waals surface area contributed by atoms with E-state index in [1.165, 1.54) is 4.90 Å². The van der Waals surface area contributed by atoms with Gasteiger partial charge in [-0.1, -0.05) is 6.92 Å². The zero-order valence-corrected chi connectivity index (χ0v) is 9.88. The number of hydrogen-bond acceptors (Lipinski definition) is 3. The summed E-state index contributed by atoms with van der Waals surface area (Å²) in [4.78, 5) is 12.8.